The van der Waals surface area contributed by atoms with Gasteiger partial charge in [0.05, 0.1) is 16.7 Å². The average molecular weight is 410 g/mol. The number of halogens is 2. The summed E-state index contributed by atoms with van der Waals surface area (Å²) in [6.45, 7) is 2.75. The third kappa shape index (κ3) is 4.20. The Hall–Kier alpha value is -1.62. The molecular formula is C18H17Cl2N3O2S. The highest BCUT2D eigenvalue weighted by molar-refractivity contribution is 7.89. The van der Waals surface area contributed by atoms with E-state index in [1.807, 2.05) is 12.1 Å². The fourth-order valence-corrected chi connectivity index (χ4v) is 5.04. The second kappa shape index (κ2) is 7.95. The molecule has 1 saturated heterocycles. The Morgan fingerprint density at radius 1 is 1.00 bits per heavy atom. The van der Waals surface area contributed by atoms with Crippen LogP contribution >= 0.6 is 23.2 Å². The van der Waals surface area contributed by atoms with Crippen LogP contribution in [0.2, 0.25) is 10.0 Å². The van der Waals surface area contributed by atoms with Gasteiger partial charge in [-0.1, -0.05) is 35.3 Å². The van der Waals surface area contributed by atoms with E-state index in [2.05, 4.69) is 11.0 Å². The van der Waals surface area contributed by atoms with Crippen LogP contribution in [-0.2, 0) is 16.6 Å². The first-order valence-electron chi connectivity index (χ1n) is 8.07. The Morgan fingerprint density at radius 2 is 1.65 bits per heavy atom. The first-order chi connectivity index (χ1) is 12.4. The maximum absolute atomic E-state index is 12.8. The summed E-state index contributed by atoms with van der Waals surface area (Å²) < 4.78 is 27.1. The number of benzene rings is 2. The topological polar surface area (TPSA) is 64.4 Å². The fraction of sp³-hybridized carbons (Fsp3) is 0.278. The van der Waals surface area contributed by atoms with E-state index in [9.17, 15) is 8.42 Å². The average Bonchev–Trinajstić information content (AvgIpc) is 2.65. The maximum atomic E-state index is 12.8. The molecule has 8 heteroatoms. The largest absolute Gasteiger partial charge is 0.296 e. The number of nitrogens with zero attached hydrogens (tertiary/aromatic N) is 3. The highest BCUT2D eigenvalue weighted by Gasteiger charge is 2.30. The van der Waals surface area contributed by atoms with Crippen LogP contribution in [0.4, 0.5) is 0 Å². The summed E-state index contributed by atoms with van der Waals surface area (Å²) in [7, 11) is -3.67. The van der Waals surface area contributed by atoms with Crippen molar-refractivity contribution in [2.75, 3.05) is 26.2 Å². The van der Waals surface area contributed by atoms with E-state index in [1.165, 1.54) is 16.4 Å². The molecule has 26 heavy (non-hydrogen) atoms. The van der Waals surface area contributed by atoms with Gasteiger partial charge in [-0.15, -0.1) is 0 Å². The van der Waals surface area contributed by atoms with Gasteiger partial charge in [0.2, 0.25) is 10.0 Å². The van der Waals surface area contributed by atoms with Crippen LogP contribution in [0.1, 0.15) is 11.1 Å². The Kier molecular flexibility index (Phi) is 5.86. The second-order valence-corrected chi connectivity index (χ2v) is 8.81. The van der Waals surface area contributed by atoms with Crippen LogP contribution in [-0.4, -0.2) is 43.8 Å². The Labute approximate surface area is 163 Å². The van der Waals surface area contributed by atoms with Crippen molar-refractivity contribution in [1.29, 1.82) is 5.26 Å². The van der Waals surface area contributed by atoms with Crippen molar-refractivity contribution in [3.63, 3.8) is 0 Å². The highest BCUT2D eigenvalue weighted by atomic mass is 35.5. The molecule has 136 valence electrons. The molecule has 0 saturated carbocycles. The molecule has 0 N–H and O–H groups in total. The van der Waals surface area contributed by atoms with Gasteiger partial charge in [0.25, 0.3) is 0 Å². The first kappa shape index (κ1) is 19.2. The number of hydrogen-bond acceptors (Lipinski definition) is 4. The molecule has 0 radical (unpaired) electrons. The van der Waals surface area contributed by atoms with Crippen molar-refractivity contribution in [2.45, 2.75) is 11.4 Å². The summed E-state index contributed by atoms with van der Waals surface area (Å²) in [4.78, 5) is 2.24. The van der Waals surface area contributed by atoms with Crippen molar-refractivity contribution in [3.8, 4) is 6.07 Å². The molecule has 1 aliphatic heterocycles. The lowest BCUT2D eigenvalue weighted by Gasteiger charge is -2.34. The van der Waals surface area contributed by atoms with E-state index in [0.29, 0.717) is 36.8 Å². The number of nitriles is 1. The second-order valence-electron chi connectivity index (χ2n) is 6.06. The van der Waals surface area contributed by atoms with Gasteiger partial charge in [-0.25, -0.2) is 8.42 Å². The third-order valence-corrected chi connectivity index (χ3v) is 6.95. The molecule has 0 bridgehead atoms. The molecule has 3 rings (SSSR count). The van der Waals surface area contributed by atoms with Crippen molar-refractivity contribution < 1.29 is 8.42 Å². The minimum atomic E-state index is -3.67. The lowest BCUT2D eigenvalue weighted by Crippen LogP contribution is -2.48. The molecule has 2 aromatic carbocycles. The summed E-state index contributed by atoms with van der Waals surface area (Å²) in [5, 5.41) is 9.36. The van der Waals surface area contributed by atoms with E-state index < -0.39 is 10.0 Å². The Morgan fingerprint density at radius 3 is 2.27 bits per heavy atom. The predicted octanol–water partition coefficient (Wildman–Crippen LogP) is 3.37. The summed E-state index contributed by atoms with van der Waals surface area (Å²) in [6.07, 6.45) is 0. The minimum absolute atomic E-state index is 0.0483. The maximum Gasteiger partial charge on any atom is 0.244 e. The van der Waals surface area contributed by atoms with Crippen molar-refractivity contribution in [1.82, 2.24) is 9.21 Å². The Balaban J connectivity index is 1.66. The molecule has 0 atom stereocenters. The van der Waals surface area contributed by atoms with E-state index >= 15 is 0 Å². The quantitative estimate of drug-likeness (QED) is 0.776. The lowest BCUT2D eigenvalue weighted by atomic mass is 10.1. The summed E-state index contributed by atoms with van der Waals surface area (Å²) in [5.74, 6) is 0. The van der Waals surface area contributed by atoms with Crippen LogP contribution in [0.15, 0.2) is 47.4 Å². The van der Waals surface area contributed by atoms with Crippen LogP contribution in [0, 0.1) is 11.3 Å². The highest BCUT2D eigenvalue weighted by Crippen LogP contribution is 2.28. The standard InChI is InChI=1S/C18H17Cl2N3O2S/c19-16-5-6-17(20)18(11-16)26(24,25)23-9-7-22(8-10-23)13-15-3-1-14(12-21)2-4-15/h1-6,11H,7-10,13H2. The van der Waals surface area contributed by atoms with Crippen molar-refractivity contribution in [2.24, 2.45) is 0 Å². The summed E-state index contributed by atoms with van der Waals surface area (Å²) in [6, 6.07) is 14.0. The SMILES string of the molecule is N#Cc1ccc(CN2CCN(S(=O)(=O)c3cc(Cl)ccc3Cl)CC2)cc1. The van der Waals surface area contributed by atoms with Crippen LogP contribution < -0.4 is 0 Å². The number of hydrogen-bond donors (Lipinski definition) is 0. The molecule has 2 aromatic rings. The zero-order chi connectivity index (χ0) is 18.7. The first-order valence-corrected chi connectivity index (χ1v) is 10.3. The summed E-state index contributed by atoms with van der Waals surface area (Å²) >= 11 is 12.0. The predicted molar refractivity (Wildman–Crippen MR) is 102 cm³/mol. The van der Waals surface area contributed by atoms with Gasteiger partial charge in [0.1, 0.15) is 4.90 Å². The van der Waals surface area contributed by atoms with Crippen LogP contribution in [0.3, 0.4) is 0 Å². The molecule has 0 aromatic heterocycles. The number of rotatable bonds is 4. The van der Waals surface area contributed by atoms with Gasteiger partial charge in [-0.2, -0.15) is 9.57 Å². The van der Waals surface area contributed by atoms with Gasteiger partial charge in [0.15, 0.2) is 0 Å². The molecule has 5 nitrogen and oxygen atoms in total. The van der Waals surface area contributed by atoms with Gasteiger partial charge < -0.3 is 0 Å². The Bertz CT molecular complexity index is 932. The molecule has 0 spiro atoms. The van der Waals surface area contributed by atoms with Gasteiger partial charge >= 0.3 is 0 Å². The van der Waals surface area contributed by atoms with Gasteiger partial charge in [-0.05, 0) is 35.9 Å². The number of piperazine rings is 1. The van der Waals surface area contributed by atoms with Gasteiger partial charge in [-0.3, -0.25) is 4.90 Å². The minimum Gasteiger partial charge on any atom is -0.296 e. The molecular weight excluding hydrogens is 393 g/mol. The van der Waals surface area contributed by atoms with Crippen molar-refractivity contribution >= 4 is 33.2 Å². The molecule has 0 amide bonds. The zero-order valence-electron chi connectivity index (χ0n) is 13.9. The number of sulfonamides is 1. The van der Waals surface area contributed by atoms with Gasteiger partial charge in [0, 0.05) is 37.7 Å². The summed E-state index contributed by atoms with van der Waals surface area (Å²) in [5.41, 5.74) is 1.72. The molecule has 1 heterocycles. The monoisotopic (exact) mass is 409 g/mol. The fourth-order valence-electron chi connectivity index (χ4n) is 2.88. The zero-order valence-corrected chi connectivity index (χ0v) is 16.2. The normalized spacial score (nSPS) is 16.3. The molecule has 0 aliphatic carbocycles. The van der Waals surface area contributed by atoms with E-state index in [4.69, 9.17) is 28.5 Å². The van der Waals surface area contributed by atoms with E-state index in [-0.39, 0.29) is 9.92 Å². The lowest BCUT2D eigenvalue weighted by molar-refractivity contribution is 0.181. The van der Waals surface area contributed by atoms with Crippen LogP contribution in [0.5, 0.6) is 0 Å². The third-order valence-electron chi connectivity index (χ3n) is 4.33. The molecule has 0 unspecified atom stereocenters. The van der Waals surface area contributed by atoms with Crippen molar-refractivity contribution in [3.05, 3.63) is 63.6 Å². The van der Waals surface area contributed by atoms with Crippen LogP contribution in [0.25, 0.3) is 0 Å². The molecule has 1 aliphatic rings. The van der Waals surface area contributed by atoms with E-state index in [0.717, 1.165) is 12.1 Å². The van der Waals surface area contributed by atoms with E-state index in [1.54, 1.807) is 18.2 Å². The molecule has 1 fully saturated rings. The smallest absolute Gasteiger partial charge is 0.244 e.